The molecule has 1 fully saturated rings. The first-order valence-electron chi connectivity index (χ1n) is 9.97. The van der Waals surface area contributed by atoms with E-state index in [4.69, 9.17) is 0 Å². The summed E-state index contributed by atoms with van der Waals surface area (Å²) >= 11 is 0. The summed E-state index contributed by atoms with van der Waals surface area (Å²) in [6.07, 6.45) is 6.39. The van der Waals surface area contributed by atoms with Crippen LogP contribution in [0.25, 0.3) is 0 Å². The molecule has 0 radical (unpaired) electrons. The van der Waals surface area contributed by atoms with Gasteiger partial charge in [0, 0.05) is 12.7 Å². The zero-order valence-electron chi connectivity index (χ0n) is 16.6. The highest BCUT2D eigenvalue weighted by Gasteiger charge is 2.37. The normalized spacial score (nSPS) is 17.2. The first-order chi connectivity index (χ1) is 13.5. The fourth-order valence-electron chi connectivity index (χ4n) is 3.52. The molecule has 0 bridgehead atoms. The van der Waals surface area contributed by atoms with Crippen molar-refractivity contribution in [2.45, 2.75) is 58.4 Å². The molecule has 8 nitrogen and oxygen atoms in total. The molecule has 28 heavy (non-hydrogen) atoms. The number of hydrogen-bond acceptors (Lipinski definition) is 5. The smallest absolute Gasteiger partial charge is 0.248 e. The van der Waals surface area contributed by atoms with Crippen LogP contribution in [0.1, 0.15) is 51.5 Å². The molecular formula is C20H30N4O4. The van der Waals surface area contributed by atoms with Crippen LogP contribution in [-0.4, -0.2) is 57.5 Å². The number of aromatic nitrogens is 1. The van der Waals surface area contributed by atoms with Gasteiger partial charge in [-0.15, -0.1) is 0 Å². The number of nitrogens with zero attached hydrogens (tertiary/aromatic N) is 3. The van der Waals surface area contributed by atoms with Gasteiger partial charge in [0.1, 0.15) is 11.9 Å². The van der Waals surface area contributed by atoms with E-state index in [2.05, 4.69) is 10.3 Å². The Morgan fingerprint density at radius 3 is 2.93 bits per heavy atom. The van der Waals surface area contributed by atoms with Crippen molar-refractivity contribution in [1.29, 1.82) is 0 Å². The van der Waals surface area contributed by atoms with Crippen LogP contribution in [0.4, 0.5) is 5.82 Å². The Balaban J connectivity index is 2.08. The van der Waals surface area contributed by atoms with Crippen molar-refractivity contribution in [3.8, 4) is 0 Å². The predicted octanol–water partition coefficient (Wildman–Crippen LogP) is 2.23. The van der Waals surface area contributed by atoms with E-state index in [-0.39, 0.29) is 18.4 Å². The van der Waals surface area contributed by atoms with E-state index in [1.807, 2.05) is 26.0 Å². The average Bonchev–Trinajstić information content (AvgIpc) is 3.20. The third kappa shape index (κ3) is 5.76. The minimum atomic E-state index is -0.563. The molecule has 1 saturated heterocycles. The number of hydrogen-bond donors (Lipinski definition) is 2. The predicted molar refractivity (Wildman–Crippen MR) is 105 cm³/mol. The summed E-state index contributed by atoms with van der Waals surface area (Å²) in [6.45, 7) is 4.47. The van der Waals surface area contributed by atoms with Crippen LogP contribution < -0.4 is 5.32 Å². The summed E-state index contributed by atoms with van der Waals surface area (Å²) in [7, 11) is 0. The molecule has 0 aliphatic carbocycles. The van der Waals surface area contributed by atoms with Crippen LogP contribution in [0.5, 0.6) is 0 Å². The monoisotopic (exact) mass is 390 g/mol. The Kier molecular flexibility index (Phi) is 8.38. The summed E-state index contributed by atoms with van der Waals surface area (Å²) in [5.41, 5.74) is 1.07. The molecule has 1 aliphatic heterocycles. The van der Waals surface area contributed by atoms with Gasteiger partial charge in [-0.3, -0.25) is 19.6 Å². The second-order valence-corrected chi connectivity index (χ2v) is 7.15. The molecule has 2 rings (SSSR count). The van der Waals surface area contributed by atoms with Gasteiger partial charge in [0.05, 0.1) is 12.5 Å². The number of carbonyl (C=O) groups excluding carboxylic acids is 3. The molecule has 8 heteroatoms. The average molecular weight is 390 g/mol. The maximum atomic E-state index is 13.0. The van der Waals surface area contributed by atoms with Gasteiger partial charge in [-0.2, -0.15) is 0 Å². The van der Waals surface area contributed by atoms with Crippen LogP contribution >= 0.6 is 0 Å². The first-order valence-corrected chi connectivity index (χ1v) is 9.97. The van der Waals surface area contributed by atoms with Crippen LogP contribution in [-0.2, 0) is 20.8 Å². The number of unbranched alkanes of at least 4 members (excludes halogenated alkanes) is 1. The van der Waals surface area contributed by atoms with E-state index in [1.54, 1.807) is 11.1 Å². The van der Waals surface area contributed by atoms with Crippen LogP contribution in [0, 0.1) is 5.92 Å². The number of aryl methyl sites for hydroxylation is 1. The van der Waals surface area contributed by atoms with Crippen molar-refractivity contribution in [2.75, 3.05) is 18.4 Å². The number of amides is 3. The lowest BCUT2D eigenvalue weighted by Gasteiger charge is -2.29. The van der Waals surface area contributed by atoms with Gasteiger partial charge < -0.3 is 10.2 Å². The number of anilines is 1. The van der Waals surface area contributed by atoms with Gasteiger partial charge in [-0.25, -0.2) is 10.0 Å². The molecule has 1 aromatic rings. The Morgan fingerprint density at radius 2 is 2.25 bits per heavy atom. The number of nitrogens with one attached hydrogen (secondary N) is 1. The highest BCUT2D eigenvalue weighted by atomic mass is 16.5. The molecule has 3 amide bonds. The van der Waals surface area contributed by atoms with E-state index in [0.717, 1.165) is 31.2 Å². The van der Waals surface area contributed by atoms with Crippen molar-refractivity contribution in [2.24, 2.45) is 5.92 Å². The zero-order valence-corrected chi connectivity index (χ0v) is 16.6. The van der Waals surface area contributed by atoms with Crippen molar-refractivity contribution in [1.82, 2.24) is 14.9 Å². The zero-order chi connectivity index (χ0) is 20.5. The highest BCUT2D eigenvalue weighted by Crippen LogP contribution is 2.24. The molecule has 2 heterocycles. The van der Waals surface area contributed by atoms with E-state index >= 15 is 0 Å². The molecular weight excluding hydrogens is 360 g/mol. The lowest BCUT2D eigenvalue weighted by molar-refractivity contribution is -0.157. The minimum Gasteiger partial charge on any atom is -0.330 e. The molecule has 154 valence electrons. The second kappa shape index (κ2) is 10.8. The number of pyridine rings is 1. The quantitative estimate of drug-likeness (QED) is 0.362. The van der Waals surface area contributed by atoms with Gasteiger partial charge in [-0.1, -0.05) is 26.7 Å². The van der Waals surface area contributed by atoms with Crippen LogP contribution in [0.15, 0.2) is 18.3 Å². The standard InChI is InChI=1S/C20H30N4O4/c1-3-5-7-16(13-23(28)14-25)20(27)24-11-6-8-17(24)19(26)22-18-12-15(4-2)9-10-21-18/h9-10,12,14,16-17,28H,3-8,11,13H2,1-2H3,(H,21,22,26)/t16-,17?/m1/s1. The van der Waals surface area contributed by atoms with E-state index in [0.29, 0.717) is 36.7 Å². The largest absolute Gasteiger partial charge is 0.330 e. The number of likely N-dealkylation sites (tertiary alicyclic amines) is 1. The fourth-order valence-corrected chi connectivity index (χ4v) is 3.52. The minimum absolute atomic E-state index is 0.0622. The van der Waals surface area contributed by atoms with Crippen LogP contribution in [0.3, 0.4) is 0 Å². The first kappa shape index (κ1) is 21.8. The third-order valence-electron chi connectivity index (χ3n) is 5.11. The molecule has 0 saturated carbocycles. The molecule has 1 unspecified atom stereocenters. The van der Waals surface area contributed by atoms with Gasteiger partial charge in [0.25, 0.3) is 0 Å². The Morgan fingerprint density at radius 1 is 1.46 bits per heavy atom. The van der Waals surface area contributed by atoms with Gasteiger partial charge in [-0.05, 0) is 43.4 Å². The lowest BCUT2D eigenvalue weighted by Crippen LogP contribution is -2.47. The molecule has 2 atom stereocenters. The maximum Gasteiger partial charge on any atom is 0.248 e. The summed E-state index contributed by atoms with van der Waals surface area (Å²) in [5.74, 6) is -0.488. The number of carbonyl (C=O) groups is 3. The van der Waals surface area contributed by atoms with E-state index in [1.165, 1.54) is 0 Å². The van der Waals surface area contributed by atoms with Crippen molar-refractivity contribution < 1.29 is 19.6 Å². The SMILES string of the molecule is CCCC[C@H](CN(O)C=O)C(=O)N1CCCC1C(=O)Nc1cc(CC)ccn1. The van der Waals surface area contributed by atoms with E-state index in [9.17, 15) is 19.6 Å². The molecule has 2 N–H and O–H groups in total. The number of rotatable bonds is 10. The fraction of sp³-hybridized carbons (Fsp3) is 0.600. The molecule has 0 aromatic carbocycles. The Hall–Kier alpha value is -2.48. The Bertz CT molecular complexity index is 682. The summed E-state index contributed by atoms with van der Waals surface area (Å²) in [4.78, 5) is 42.4. The third-order valence-corrected chi connectivity index (χ3v) is 5.11. The van der Waals surface area contributed by atoms with Crippen molar-refractivity contribution in [3.63, 3.8) is 0 Å². The number of hydroxylamine groups is 2. The lowest BCUT2D eigenvalue weighted by atomic mass is 9.99. The molecule has 1 aliphatic rings. The van der Waals surface area contributed by atoms with Gasteiger partial charge in [0.2, 0.25) is 18.2 Å². The summed E-state index contributed by atoms with van der Waals surface area (Å²) < 4.78 is 0. The topological polar surface area (TPSA) is 103 Å². The van der Waals surface area contributed by atoms with Crippen molar-refractivity contribution in [3.05, 3.63) is 23.9 Å². The summed E-state index contributed by atoms with van der Waals surface area (Å²) in [6, 6.07) is 3.16. The second-order valence-electron chi connectivity index (χ2n) is 7.15. The highest BCUT2D eigenvalue weighted by molar-refractivity contribution is 5.97. The van der Waals surface area contributed by atoms with E-state index < -0.39 is 12.0 Å². The molecule has 0 spiro atoms. The Labute approximate surface area is 165 Å². The van der Waals surface area contributed by atoms with Gasteiger partial charge in [0.15, 0.2) is 0 Å². The summed E-state index contributed by atoms with van der Waals surface area (Å²) in [5, 5.41) is 12.9. The maximum absolute atomic E-state index is 13.0. The van der Waals surface area contributed by atoms with Crippen molar-refractivity contribution >= 4 is 24.0 Å². The van der Waals surface area contributed by atoms with Crippen LogP contribution in [0.2, 0.25) is 0 Å². The molecule has 1 aromatic heterocycles. The van der Waals surface area contributed by atoms with Gasteiger partial charge >= 0.3 is 0 Å².